The lowest BCUT2D eigenvalue weighted by Gasteiger charge is -2.23. The first-order chi connectivity index (χ1) is 8.01. The number of Topliss-reactive ketones (excluding diaryl/α,β-unsaturated/α-hetero) is 1. The molecule has 0 heterocycles. The lowest BCUT2D eigenvalue weighted by Crippen LogP contribution is -2.43. The predicted octanol–water partition coefficient (Wildman–Crippen LogP) is 1.69. The van der Waals surface area contributed by atoms with E-state index in [-0.39, 0.29) is 17.3 Å². The zero-order valence-corrected chi connectivity index (χ0v) is 11.4. The zero-order valence-electron chi connectivity index (χ0n) is 11.4. The van der Waals surface area contributed by atoms with Gasteiger partial charge in [0.1, 0.15) is 5.78 Å². The van der Waals surface area contributed by atoms with Gasteiger partial charge in [0.25, 0.3) is 0 Å². The number of amides is 1. The minimum atomic E-state index is -0.935. The number of carboxylic acids is 1. The molecule has 2 N–H and O–H groups in total. The number of rotatable bonds is 5. The maximum Gasteiger partial charge on any atom is 0.330 e. The molecule has 0 aliphatic carbocycles. The van der Waals surface area contributed by atoms with Crippen molar-refractivity contribution < 1.29 is 19.5 Å². The number of hydrogen-bond acceptors (Lipinski definition) is 3. The van der Waals surface area contributed by atoms with Crippen LogP contribution in [0.3, 0.4) is 0 Å². The van der Waals surface area contributed by atoms with Crippen molar-refractivity contribution in [1.82, 2.24) is 5.32 Å². The lowest BCUT2D eigenvalue weighted by atomic mass is 9.98. The molecule has 0 radical (unpaired) electrons. The quantitative estimate of drug-likeness (QED) is 0.732. The van der Waals surface area contributed by atoms with Gasteiger partial charge in [-0.25, -0.2) is 4.79 Å². The van der Waals surface area contributed by atoms with Crippen LogP contribution in [0.25, 0.3) is 0 Å². The Hall–Kier alpha value is -1.91. The van der Waals surface area contributed by atoms with Crippen molar-refractivity contribution in [2.75, 3.05) is 0 Å². The van der Waals surface area contributed by atoms with E-state index in [0.29, 0.717) is 6.42 Å². The van der Waals surface area contributed by atoms with Crippen LogP contribution in [0, 0.1) is 0 Å². The molecule has 0 bridgehead atoms. The highest BCUT2D eigenvalue weighted by atomic mass is 16.4. The second-order valence-electron chi connectivity index (χ2n) is 4.54. The average molecular weight is 255 g/mol. The third-order valence-electron chi connectivity index (χ3n) is 1.70. The normalized spacial score (nSPS) is 9.56. The summed E-state index contributed by atoms with van der Waals surface area (Å²) in [5.74, 6) is -1.12. The topological polar surface area (TPSA) is 83.5 Å². The molecule has 0 fully saturated rings. The molecule has 0 rings (SSSR count). The van der Waals surface area contributed by atoms with Crippen molar-refractivity contribution in [3.63, 3.8) is 0 Å². The Morgan fingerprint density at radius 2 is 1.67 bits per heavy atom. The van der Waals surface area contributed by atoms with Crippen LogP contribution >= 0.6 is 0 Å². The van der Waals surface area contributed by atoms with Crippen LogP contribution in [0.15, 0.2) is 24.8 Å². The summed E-state index contributed by atoms with van der Waals surface area (Å²) in [6.45, 7) is 13.0. The molecule has 5 nitrogen and oxygen atoms in total. The maximum atomic E-state index is 10.9. The molecule has 0 spiro atoms. The van der Waals surface area contributed by atoms with Gasteiger partial charge in [-0.1, -0.05) is 13.2 Å². The zero-order chi connectivity index (χ0) is 14.9. The highest BCUT2D eigenvalue weighted by Gasteiger charge is 2.20. The highest BCUT2D eigenvalue weighted by Crippen LogP contribution is 2.08. The minimum Gasteiger partial charge on any atom is -0.478 e. The highest BCUT2D eigenvalue weighted by molar-refractivity contribution is 5.88. The molecule has 0 atom stereocenters. The van der Waals surface area contributed by atoms with E-state index in [0.717, 1.165) is 0 Å². The van der Waals surface area contributed by atoms with E-state index in [1.165, 1.54) is 19.9 Å². The molecule has 102 valence electrons. The molecular weight excluding hydrogens is 234 g/mol. The van der Waals surface area contributed by atoms with E-state index in [1.807, 2.05) is 0 Å². The van der Waals surface area contributed by atoms with Crippen LogP contribution in [-0.4, -0.2) is 28.3 Å². The van der Waals surface area contributed by atoms with Crippen LogP contribution in [0.4, 0.5) is 0 Å². The van der Waals surface area contributed by atoms with Gasteiger partial charge in [0.15, 0.2) is 0 Å². The van der Waals surface area contributed by atoms with Gasteiger partial charge < -0.3 is 10.4 Å². The molecule has 0 aromatic rings. The molecule has 0 aromatic carbocycles. The van der Waals surface area contributed by atoms with Crippen molar-refractivity contribution in [2.24, 2.45) is 0 Å². The minimum absolute atomic E-state index is 0.0596. The van der Waals surface area contributed by atoms with Gasteiger partial charge in [-0.2, -0.15) is 0 Å². The van der Waals surface area contributed by atoms with E-state index in [4.69, 9.17) is 5.11 Å². The number of aliphatic carboxylic acids is 1. The van der Waals surface area contributed by atoms with Crippen LogP contribution in [0.2, 0.25) is 0 Å². The van der Waals surface area contributed by atoms with Gasteiger partial charge in [0.05, 0.1) is 0 Å². The Kier molecular flexibility index (Phi) is 8.43. The predicted molar refractivity (Wildman–Crippen MR) is 70.2 cm³/mol. The standard InChI is InChI=1S/C9H15NO2.C4H6O2/c1-5-8(12)10-9(3,4)6-7(2)11;1-3(2)4(5)6/h5H,1,6H2,2-4H3,(H,10,12);1H2,2H3,(H,5,6). The summed E-state index contributed by atoms with van der Waals surface area (Å²) in [6.07, 6.45) is 1.54. The average Bonchev–Trinajstić information content (AvgIpc) is 2.15. The largest absolute Gasteiger partial charge is 0.478 e. The molecule has 0 unspecified atom stereocenters. The Balaban J connectivity index is 0. The van der Waals surface area contributed by atoms with Crippen LogP contribution in [0.1, 0.15) is 34.1 Å². The molecule has 0 saturated heterocycles. The Labute approximate surface area is 108 Å². The van der Waals surface area contributed by atoms with E-state index in [2.05, 4.69) is 18.5 Å². The second-order valence-corrected chi connectivity index (χ2v) is 4.54. The molecule has 18 heavy (non-hydrogen) atoms. The Bertz CT molecular complexity index is 344. The van der Waals surface area contributed by atoms with Crippen molar-refractivity contribution in [2.45, 2.75) is 39.7 Å². The van der Waals surface area contributed by atoms with Crippen LogP contribution in [0.5, 0.6) is 0 Å². The maximum absolute atomic E-state index is 10.9. The smallest absolute Gasteiger partial charge is 0.330 e. The van der Waals surface area contributed by atoms with Crippen molar-refractivity contribution in [1.29, 1.82) is 0 Å². The second kappa shape index (κ2) is 8.22. The van der Waals surface area contributed by atoms with Crippen LogP contribution < -0.4 is 5.32 Å². The van der Waals surface area contributed by atoms with E-state index in [9.17, 15) is 14.4 Å². The summed E-state index contributed by atoms with van der Waals surface area (Å²) in [5.41, 5.74) is -0.299. The number of carboxylic acid groups (broad SMARTS) is 1. The number of carbonyl (C=O) groups is 3. The van der Waals surface area contributed by atoms with E-state index < -0.39 is 11.5 Å². The molecule has 0 aliphatic heterocycles. The fraction of sp³-hybridized carbons (Fsp3) is 0.462. The van der Waals surface area contributed by atoms with E-state index >= 15 is 0 Å². The fourth-order valence-electron chi connectivity index (χ4n) is 1.05. The summed E-state index contributed by atoms with van der Waals surface area (Å²) in [6, 6.07) is 0. The van der Waals surface area contributed by atoms with Gasteiger partial charge in [0.2, 0.25) is 5.91 Å². The summed E-state index contributed by atoms with van der Waals surface area (Å²) in [7, 11) is 0. The van der Waals surface area contributed by atoms with Crippen molar-refractivity contribution in [3.8, 4) is 0 Å². The molecule has 0 aliphatic rings. The Morgan fingerprint density at radius 3 is 1.89 bits per heavy atom. The van der Waals surface area contributed by atoms with Gasteiger partial charge in [-0.05, 0) is 33.8 Å². The Morgan fingerprint density at radius 1 is 1.28 bits per heavy atom. The van der Waals surface area contributed by atoms with Crippen LogP contribution in [-0.2, 0) is 14.4 Å². The molecular formula is C13H21NO4. The lowest BCUT2D eigenvalue weighted by molar-refractivity contribution is -0.132. The summed E-state index contributed by atoms with van der Waals surface area (Å²) in [5, 5.41) is 10.6. The number of nitrogens with one attached hydrogen (secondary N) is 1. The van der Waals surface area contributed by atoms with Gasteiger partial charge in [-0.15, -0.1) is 0 Å². The van der Waals surface area contributed by atoms with Gasteiger partial charge >= 0.3 is 5.97 Å². The fourth-order valence-corrected chi connectivity index (χ4v) is 1.05. The monoisotopic (exact) mass is 255 g/mol. The molecule has 5 heteroatoms. The summed E-state index contributed by atoms with van der Waals surface area (Å²) in [4.78, 5) is 31.2. The number of hydrogen-bond donors (Lipinski definition) is 2. The van der Waals surface area contributed by atoms with Gasteiger partial charge in [0, 0.05) is 17.5 Å². The SMILES string of the molecule is C=C(C)C(=O)O.C=CC(=O)NC(C)(C)CC(C)=O. The van der Waals surface area contributed by atoms with E-state index in [1.54, 1.807) is 13.8 Å². The van der Waals surface area contributed by atoms with Crippen molar-refractivity contribution >= 4 is 17.7 Å². The number of ketones is 1. The summed E-state index contributed by atoms with van der Waals surface area (Å²) < 4.78 is 0. The summed E-state index contributed by atoms with van der Waals surface area (Å²) >= 11 is 0. The third-order valence-corrected chi connectivity index (χ3v) is 1.70. The first-order valence-electron chi connectivity index (χ1n) is 5.34. The first-order valence-corrected chi connectivity index (χ1v) is 5.34. The van der Waals surface area contributed by atoms with Crippen molar-refractivity contribution in [3.05, 3.63) is 24.8 Å². The number of carbonyl (C=O) groups excluding carboxylic acids is 2. The first kappa shape index (κ1) is 18.5. The third kappa shape index (κ3) is 12.2. The molecule has 0 saturated carbocycles. The molecule has 1 amide bonds. The molecule has 0 aromatic heterocycles. The van der Waals surface area contributed by atoms with Gasteiger partial charge in [-0.3, -0.25) is 9.59 Å².